The summed E-state index contributed by atoms with van der Waals surface area (Å²) in [7, 11) is 0. The number of nitrogens with two attached hydrogens (primary N) is 1. The topological polar surface area (TPSA) is 122 Å². The van der Waals surface area contributed by atoms with Crippen LogP contribution in [0.2, 0.25) is 0 Å². The highest BCUT2D eigenvalue weighted by Gasteiger charge is 2.31. The molecule has 0 saturated carbocycles. The van der Waals surface area contributed by atoms with E-state index in [0.29, 0.717) is 37.9 Å². The van der Waals surface area contributed by atoms with Gasteiger partial charge in [-0.1, -0.05) is 50.2 Å². The number of amides is 1. The second-order valence-electron chi connectivity index (χ2n) is 12.0. The number of nitrogens with zero attached hydrogens (tertiary/aromatic N) is 4. The van der Waals surface area contributed by atoms with Gasteiger partial charge in [-0.3, -0.25) is 9.48 Å². The molecule has 5 aromatic rings. The highest BCUT2D eigenvalue weighted by Crippen LogP contribution is 2.34. The predicted octanol–water partition coefficient (Wildman–Crippen LogP) is 6.56. The summed E-state index contributed by atoms with van der Waals surface area (Å²) < 4.78 is 19.0. The van der Waals surface area contributed by atoms with Gasteiger partial charge in [-0.05, 0) is 66.1 Å². The molecule has 0 radical (unpaired) electrons. The average molecular weight is 622 g/mol. The van der Waals surface area contributed by atoms with Crippen LogP contribution in [0.4, 0.5) is 10.6 Å². The van der Waals surface area contributed by atoms with Crippen LogP contribution < -0.4 is 10.5 Å². The van der Waals surface area contributed by atoms with Gasteiger partial charge in [0.25, 0.3) is 0 Å². The lowest BCUT2D eigenvalue weighted by atomic mass is 10.00. The fourth-order valence-electron chi connectivity index (χ4n) is 5.88. The number of fused-ring (bicyclic) bond motifs is 2. The minimum atomic E-state index is -0.304. The van der Waals surface area contributed by atoms with Crippen LogP contribution in [0, 0.1) is 5.92 Å². The fourth-order valence-corrected chi connectivity index (χ4v) is 5.88. The number of anilines is 1. The summed E-state index contributed by atoms with van der Waals surface area (Å²) in [4.78, 5) is 31.0. The van der Waals surface area contributed by atoms with Gasteiger partial charge in [0.2, 0.25) is 0 Å². The molecule has 1 aliphatic rings. The zero-order valence-corrected chi connectivity index (χ0v) is 26.4. The Balaban J connectivity index is 1.33. The zero-order valence-electron chi connectivity index (χ0n) is 26.4. The molecule has 1 fully saturated rings. The second-order valence-corrected chi connectivity index (χ2v) is 12.0. The van der Waals surface area contributed by atoms with Crippen molar-refractivity contribution in [2.24, 2.45) is 5.92 Å². The minimum absolute atomic E-state index is 0.0173. The van der Waals surface area contributed by atoms with Gasteiger partial charge < -0.3 is 24.8 Å². The van der Waals surface area contributed by atoms with Gasteiger partial charge >= 0.3 is 12.1 Å². The molecule has 238 valence electrons. The van der Waals surface area contributed by atoms with E-state index < -0.39 is 0 Å². The van der Waals surface area contributed by atoms with Crippen LogP contribution in [0.1, 0.15) is 44.5 Å². The van der Waals surface area contributed by atoms with Crippen LogP contribution in [-0.4, -0.2) is 58.0 Å². The molecule has 2 N–H and O–H groups in total. The van der Waals surface area contributed by atoms with E-state index in [2.05, 4.69) is 35.3 Å². The maximum absolute atomic E-state index is 12.7. The molecule has 1 amide bonds. The first-order valence-corrected chi connectivity index (χ1v) is 15.7. The van der Waals surface area contributed by atoms with Crippen molar-refractivity contribution >= 4 is 39.6 Å². The fraction of sp³-hybridized carbons (Fsp3) is 0.333. The van der Waals surface area contributed by atoms with Gasteiger partial charge in [0, 0.05) is 35.6 Å². The summed E-state index contributed by atoms with van der Waals surface area (Å²) in [5.74, 6) is 1.06. The molecule has 6 rings (SSSR count). The molecule has 0 bridgehead atoms. The molecule has 1 saturated heterocycles. The number of likely N-dealkylation sites (tertiary alicyclic amines) is 1. The van der Waals surface area contributed by atoms with Crippen LogP contribution in [0.15, 0.2) is 72.9 Å². The number of carbonyl (C=O) groups excluding carboxylic acids is 2. The standard InChI is InChI=1S/C36H39N5O5/c1-4-44-34(42)19-27-7-5-6-8-33(27)45-22-31-30-18-26(25-10-9-24-13-15-38-35(37)29(24)17-25)11-12-32(30)41(39-31)28-14-16-40(20-28)36(43)46-21-23(2)3/h5-13,15,17-18,23,28H,4,14,16,19-22H2,1-3H3,(H2,37,38)/t28-/m1/s1. The number of pyridine rings is 1. The Morgan fingerprint density at radius 3 is 2.59 bits per heavy atom. The lowest BCUT2D eigenvalue weighted by Crippen LogP contribution is -2.30. The third-order valence-electron chi connectivity index (χ3n) is 8.20. The largest absolute Gasteiger partial charge is 0.487 e. The summed E-state index contributed by atoms with van der Waals surface area (Å²) >= 11 is 0. The number of carbonyl (C=O) groups is 2. The molecule has 1 atom stereocenters. The van der Waals surface area contributed by atoms with Gasteiger partial charge in [-0.15, -0.1) is 0 Å². The van der Waals surface area contributed by atoms with Crippen molar-refractivity contribution in [2.75, 3.05) is 32.0 Å². The average Bonchev–Trinajstić information content (AvgIpc) is 3.68. The maximum Gasteiger partial charge on any atom is 0.409 e. The summed E-state index contributed by atoms with van der Waals surface area (Å²) in [6, 6.07) is 21.9. The molecule has 2 aromatic heterocycles. The van der Waals surface area contributed by atoms with Gasteiger partial charge in [-0.25, -0.2) is 9.78 Å². The first-order valence-electron chi connectivity index (χ1n) is 15.7. The molecule has 0 aliphatic carbocycles. The first-order chi connectivity index (χ1) is 22.3. The maximum atomic E-state index is 12.7. The number of benzene rings is 3. The van der Waals surface area contributed by atoms with Crippen LogP contribution >= 0.6 is 0 Å². The molecule has 1 aliphatic heterocycles. The van der Waals surface area contributed by atoms with Crippen molar-refractivity contribution in [1.29, 1.82) is 0 Å². The molecule has 10 heteroatoms. The van der Waals surface area contributed by atoms with E-state index in [9.17, 15) is 9.59 Å². The van der Waals surface area contributed by atoms with Gasteiger partial charge in [0.1, 0.15) is 23.9 Å². The summed E-state index contributed by atoms with van der Waals surface area (Å²) in [5, 5.41) is 7.93. The van der Waals surface area contributed by atoms with Crippen molar-refractivity contribution in [3.05, 3.63) is 84.2 Å². The normalized spacial score (nSPS) is 14.7. The van der Waals surface area contributed by atoms with E-state index in [1.165, 1.54) is 0 Å². The number of hydrogen-bond donors (Lipinski definition) is 1. The number of para-hydroxylation sites is 1. The number of esters is 1. The molecule has 3 aromatic carbocycles. The third-order valence-corrected chi connectivity index (χ3v) is 8.20. The Labute approximate surface area is 268 Å². The van der Waals surface area contributed by atoms with E-state index in [1.807, 2.05) is 54.9 Å². The Kier molecular flexibility index (Phi) is 9.05. The van der Waals surface area contributed by atoms with E-state index in [1.54, 1.807) is 18.0 Å². The van der Waals surface area contributed by atoms with Crippen molar-refractivity contribution in [2.45, 2.75) is 46.3 Å². The van der Waals surface area contributed by atoms with Crippen LogP contribution in [0.5, 0.6) is 5.75 Å². The lowest BCUT2D eigenvalue weighted by molar-refractivity contribution is -0.142. The third kappa shape index (κ3) is 6.61. The second kappa shape index (κ2) is 13.5. The van der Waals surface area contributed by atoms with E-state index in [-0.39, 0.29) is 37.0 Å². The van der Waals surface area contributed by atoms with Gasteiger partial charge in [-0.2, -0.15) is 5.10 Å². The van der Waals surface area contributed by atoms with E-state index in [0.717, 1.165) is 50.5 Å². The number of rotatable bonds is 10. The zero-order chi connectivity index (χ0) is 32.2. The Morgan fingerprint density at radius 1 is 1.00 bits per heavy atom. The highest BCUT2D eigenvalue weighted by molar-refractivity contribution is 5.95. The van der Waals surface area contributed by atoms with Crippen LogP contribution in [-0.2, 0) is 27.3 Å². The van der Waals surface area contributed by atoms with Gasteiger partial charge in [0.05, 0.1) is 31.2 Å². The van der Waals surface area contributed by atoms with Crippen molar-refractivity contribution in [3.8, 4) is 16.9 Å². The highest BCUT2D eigenvalue weighted by atomic mass is 16.6. The molecular weight excluding hydrogens is 582 g/mol. The molecule has 0 spiro atoms. The smallest absolute Gasteiger partial charge is 0.409 e. The molecule has 3 heterocycles. The molecule has 46 heavy (non-hydrogen) atoms. The van der Waals surface area contributed by atoms with Crippen molar-refractivity contribution in [1.82, 2.24) is 19.7 Å². The summed E-state index contributed by atoms with van der Waals surface area (Å²) in [6.07, 6.45) is 2.30. The van der Waals surface area contributed by atoms with Gasteiger partial charge in [0.15, 0.2) is 0 Å². The Hall–Kier alpha value is -5.12. The number of aromatic nitrogens is 3. The van der Waals surface area contributed by atoms with Crippen LogP contribution in [0.3, 0.4) is 0 Å². The monoisotopic (exact) mass is 621 g/mol. The minimum Gasteiger partial charge on any atom is -0.487 e. The van der Waals surface area contributed by atoms with Crippen LogP contribution in [0.25, 0.3) is 32.8 Å². The van der Waals surface area contributed by atoms with E-state index in [4.69, 9.17) is 25.0 Å². The summed E-state index contributed by atoms with van der Waals surface area (Å²) in [5.41, 5.74) is 10.7. The molecular formula is C36H39N5O5. The molecule has 0 unspecified atom stereocenters. The number of nitrogen functional groups attached to an aromatic ring is 1. The molecule has 10 nitrogen and oxygen atoms in total. The summed E-state index contributed by atoms with van der Waals surface area (Å²) in [6.45, 7) is 7.84. The van der Waals surface area contributed by atoms with Crippen molar-refractivity contribution in [3.63, 3.8) is 0 Å². The number of hydrogen-bond acceptors (Lipinski definition) is 8. The lowest BCUT2D eigenvalue weighted by Gasteiger charge is -2.17. The quantitative estimate of drug-likeness (QED) is 0.174. The first kappa shape index (κ1) is 30.9. The van der Waals surface area contributed by atoms with Crippen molar-refractivity contribution < 1.29 is 23.8 Å². The SMILES string of the molecule is CCOC(=O)Cc1ccccc1OCc1nn([C@@H]2CCN(C(=O)OCC(C)C)C2)c2ccc(-c3ccc4ccnc(N)c4c3)cc12. The Morgan fingerprint density at radius 2 is 1.78 bits per heavy atom. The van der Waals surface area contributed by atoms with E-state index >= 15 is 0 Å². The Bertz CT molecular complexity index is 1880. The predicted molar refractivity (Wildman–Crippen MR) is 177 cm³/mol. The number of ether oxygens (including phenoxy) is 3.